The molecule has 0 saturated carbocycles. The zero-order valence-corrected chi connectivity index (χ0v) is 14.6. The maximum absolute atomic E-state index is 12.3. The molecule has 27 heavy (non-hydrogen) atoms. The lowest BCUT2D eigenvalue weighted by atomic mass is 10.1. The van der Waals surface area contributed by atoms with Gasteiger partial charge in [0.15, 0.2) is 0 Å². The van der Waals surface area contributed by atoms with Gasteiger partial charge in [0, 0.05) is 17.3 Å². The van der Waals surface area contributed by atoms with Crippen LogP contribution in [0.3, 0.4) is 0 Å². The third-order valence-electron chi connectivity index (χ3n) is 3.90. The molecule has 5 heteroatoms. The highest BCUT2D eigenvalue weighted by Gasteiger charge is 2.12. The molecule has 0 saturated heterocycles. The van der Waals surface area contributed by atoms with Crippen LogP contribution >= 0.6 is 0 Å². The lowest BCUT2D eigenvalue weighted by molar-refractivity contribution is -0.112. The number of nitriles is 2. The van der Waals surface area contributed by atoms with Crippen LogP contribution in [0.2, 0.25) is 0 Å². The zero-order valence-electron chi connectivity index (χ0n) is 14.6. The van der Waals surface area contributed by atoms with Crippen LogP contribution in [0.15, 0.2) is 70.7 Å². The fourth-order valence-electron chi connectivity index (χ4n) is 2.50. The Kier molecular flexibility index (Phi) is 5.16. The van der Waals surface area contributed by atoms with Gasteiger partial charge in [-0.25, -0.2) is 0 Å². The minimum atomic E-state index is -0.517. The number of amides is 1. The van der Waals surface area contributed by atoms with Gasteiger partial charge in [-0.1, -0.05) is 29.8 Å². The van der Waals surface area contributed by atoms with E-state index >= 15 is 0 Å². The fraction of sp³-hybridized carbons (Fsp3) is 0.0455. The van der Waals surface area contributed by atoms with Crippen LogP contribution in [0, 0.1) is 29.6 Å². The molecule has 1 aromatic heterocycles. The third kappa shape index (κ3) is 4.12. The Morgan fingerprint density at radius 2 is 1.78 bits per heavy atom. The van der Waals surface area contributed by atoms with Gasteiger partial charge in [-0.15, -0.1) is 0 Å². The summed E-state index contributed by atoms with van der Waals surface area (Å²) in [7, 11) is 0. The van der Waals surface area contributed by atoms with E-state index in [-0.39, 0.29) is 5.57 Å². The molecule has 3 aromatic rings. The Balaban J connectivity index is 1.83. The standard InChI is InChI=1S/C22H15N3O2/c1-15-6-8-18(9-7-15)25-22(26)17(14-24)12-19-10-11-21(27-19)20-5-3-2-4-16(20)13-23/h2-12H,1H3,(H,25,26)/b17-12-. The number of furan rings is 1. The topological polar surface area (TPSA) is 89.8 Å². The summed E-state index contributed by atoms with van der Waals surface area (Å²) in [6.45, 7) is 1.95. The zero-order chi connectivity index (χ0) is 19.2. The summed E-state index contributed by atoms with van der Waals surface area (Å²) < 4.78 is 5.70. The highest BCUT2D eigenvalue weighted by molar-refractivity contribution is 6.09. The summed E-state index contributed by atoms with van der Waals surface area (Å²) in [5.74, 6) is 0.333. The van der Waals surface area contributed by atoms with E-state index in [4.69, 9.17) is 4.42 Å². The Bertz CT molecular complexity index is 1090. The number of hydrogen-bond donors (Lipinski definition) is 1. The Morgan fingerprint density at radius 3 is 2.48 bits per heavy atom. The van der Waals surface area contributed by atoms with Gasteiger partial charge < -0.3 is 9.73 Å². The molecule has 130 valence electrons. The van der Waals surface area contributed by atoms with Crippen molar-refractivity contribution in [3.05, 3.63) is 83.1 Å². The first-order chi connectivity index (χ1) is 13.1. The van der Waals surface area contributed by atoms with Crippen LogP contribution < -0.4 is 5.32 Å². The number of carbonyl (C=O) groups is 1. The van der Waals surface area contributed by atoms with Crippen molar-refractivity contribution in [3.8, 4) is 23.5 Å². The normalized spacial score (nSPS) is 10.7. The fourth-order valence-corrected chi connectivity index (χ4v) is 2.50. The number of carbonyl (C=O) groups excluding carboxylic acids is 1. The molecule has 0 unspecified atom stereocenters. The highest BCUT2D eigenvalue weighted by Crippen LogP contribution is 2.26. The second kappa shape index (κ2) is 7.86. The molecule has 0 fully saturated rings. The summed E-state index contributed by atoms with van der Waals surface area (Å²) in [4.78, 5) is 12.3. The molecule has 5 nitrogen and oxygen atoms in total. The quantitative estimate of drug-likeness (QED) is 0.545. The van der Waals surface area contributed by atoms with Crippen molar-refractivity contribution in [1.82, 2.24) is 0 Å². The average molecular weight is 353 g/mol. The number of nitrogens with one attached hydrogen (secondary N) is 1. The maximum atomic E-state index is 12.3. The SMILES string of the molecule is Cc1ccc(NC(=O)/C(C#N)=C\c2ccc(-c3ccccc3C#N)o2)cc1. The Hall–Kier alpha value is -4.09. The van der Waals surface area contributed by atoms with E-state index in [1.807, 2.05) is 31.2 Å². The van der Waals surface area contributed by atoms with Crippen LogP contribution in [0.5, 0.6) is 0 Å². The maximum Gasteiger partial charge on any atom is 0.266 e. The van der Waals surface area contributed by atoms with Crippen molar-refractivity contribution >= 4 is 17.7 Å². The second-order valence-corrected chi connectivity index (χ2v) is 5.85. The van der Waals surface area contributed by atoms with E-state index in [1.54, 1.807) is 42.5 Å². The van der Waals surface area contributed by atoms with Crippen molar-refractivity contribution in [2.24, 2.45) is 0 Å². The van der Waals surface area contributed by atoms with Crippen LogP contribution in [0.25, 0.3) is 17.4 Å². The summed E-state index contributed by atoms with van der Waals surface area (Å²) in [5.41, 5.74) is 2.74. The molecule has 1 heterocycles. The largest absolute Gasteiger partial charge is 0.457 e. The molecule has 0 aliphatic carbocycles. The number of hydrogen-bond acceptors (Lipinski definition) is 4. The van der Waals surface area contributed by atoms with E-state index in [1.165, 1.54) is 6.08 Å². The molecule has 0 aliphatic heterocycles. The van der Waals surface area contributed by atoms with Gasteiger partial charge >= 0.3 is 0 Å². The molecular weight excluding hydrogens is 338 g/mol. The summed E-state index contributed by atoms with van der Waals surface area (Å²) in [5, 5.41) is 21.2. The highest BCUT2D eigenvalue weighted by atomic mass is 16.3. The Labute approximate surface area is 156 Å². The lowest BCUT2D eigenvalue weighted by Gasteiger charge is -2.04. The van der Waals surface area contributed by atoms with Crippen molar-refractivity contribution in [2.45, 2.75) is 6.92 Å². The van der Waals surface area contributed by atoms with Crippen molar-refractivity contribution in [2.75, 3.05) is 5.32 Å². The number of benzene rings is 2. The number of aryl methyl sites for hydroxylation is 1. The predicted molar refractivity (Wildman–Crippen MR) is 102 cm³/mol. The van der Waals surface area contributed by atoms with Crippen molar-refractivity contribution in [1.29, 1.82) is 10.5 Å². The molecular formula is C22H15N3O2. The van der Waals surface area contributed by atoms with Gasteiger partial charge in [-0.05, 0) is 43.3 Å². The van der Waals surface area contributed by atoms with Gasteiger partial charge in [0.1, 0.15) is 23.2 Å². The van der Waals surface area contributed by atoms with E-state index in [0.717, 1.165) is 5.56 Å². The minimum Gasteiger partial charge on any atom is -0.457 e. The molecule has 0 spiro atoms. The Morgan fingerprint density at radius 1 is 1.04 bits per heavy atom. The second-order valence-electron chi connectivity index (χ2n) is 5.85. The van der Waals surface area contributed by atoms with E-state index in [2.05, 4.69) is 11.4 Å². The molecule has 3 rings (SSSR count). The number of rotatable bonds is 4. The van der Waals surface area contributed by atoms with E-state index in [0.29, 0.717) is 28.3 Å². The minimum absolute atomic E-state index is 0.0787. The van der Waals surface area contributed by atoms with Crippen LogP contribution in [0.1, 0.15) is 16.9 Å². The van der Waals surface area contributed by atoms with Gasteiger partial charge in [-0.2, -0.15) is 10.5 Å². The van der Waals surface area contributed by atoms with E-state index in [9.17, 15) is 15.3 Å². The first-order valence-electron chi connectivity index (χ1n) is 8.20. The molecule has 0 radical (unpaired) electrons. The molecule has 0 bridgehead atoms. The molecule has 1 amide bonds. The summed E-state index contributed by atoms with van der Waals surface area (Å²) in [6, 6.07) is 21.7. The predicted octanol–water partition coefficient (Wildman–Crippen LogP) is 4.67. The van der Waals surface area contributed by atoms with Gasteiger partial charge in [-0.3, -0.25) is 4.79 Å². The molecule has 0 aliphatic rings. The first-order valence-corrected chi connectivity index (χ1v) is 8.20. The molecule has 2 aromatic carbocycles. The average Bonchev–Trinajstić information content (AvgIpc) is 3.16. The van der Waals surface area contributed by atoms with Crippen LogP contribution in [-0.2, 0) is 4.79 Å². The molecule has 0 atom stereocenters. The smallest absolute Gasteiger partial charge is 0.266 e. The molecule has 1 N–H and O–H groups in total. The van der Waals surface area contributed by atoms with Gasteiger partial charge in [0.2, 0.25) is 0 Å². The van der Waals surface area contributed by atoms with Gasteiger partial charge in [0.25, 0.3) is 5.91 Å². The van der Waals surface area contributed by atoms with Crippen LogP contribution in [-0.4, -0.2) is 5.91 Å². The van der Waals surface area contributed by atoms with Crippen LogP contribution in [0.4, 0.5) is 5.69 Å². The third-order valence-corrected chi connectivity index (χ3v) is 3.90. The summed E-state index contributed by atoms with van der Waals surface area (Å²) >= 11 is 0. The lowest BCUT2D eigenvalue weighted by Crippen LogP contribution is -2.13. The monoisotopic (exact) mass is 353 g/mol. The van der Waals surface area contributed by atoms with Gasteiger partial charge in [0.05, 0.1) is 11.6 Å². The number of nitrogens with zero attached hydrogens (tertiary/aromatic N) is 2. The number of anilines is 1. The summed E-state index contributed by atoms with van der Waals surface area (Å²) in [6.07, 6.45) is 1.38. The van der Waals surface area contributed by atoms with Crippen molar-refractivity contribution < 1.29 is 9.21 Å². The van der Waals surface area contributed by atoms with E-state index < -0.39 is 5.91 Å². The van der Waals surface area contributed by atoms with Crippen molar-refractivity contribution in [3.63, 3.8) is 0 Å². The first kappa shape index (κ1) is 17.7.